The molecule has 5 aromatic heterocycles. The minimum absolute atomic E-state index is 0.672. The summed E-state index contributed by atoms with van der Waals surface area (Å²) in [5, 5.41) is 15.1. The zero-order valence-corrected chi connectivity index (χ0v) is 16.3. The van der Waals surface area contributed by atoms with Gasteiger partial charge in [-0.1, -0.05) is 6.08 Å². The summed E-state index contributed by atoms with van der Waals surface area (Å²) in [6.07, 6.45) is 4.97. The van der Waals surface area contributed by atoms with Crippen molar-refractivity contribution in [2.24, 2.45) is 0 Å². The molecule has 0 unspecified atom stereocenters. The van der Waals surface area contributed by atoms with Gasteiger partial charge in [0, 0.05) is 18.3 Å². The summed E-state index contributed by atoms with van der Waals surface area (Å²) in [6.45, 7) is 1.86. The Morgan fingerprint density at radius 2 is 2.07 bits per heavy atom. The average molecular weight is 399 g/mol. The molecule has 0 spiro atoms. The van der Waals surface area contributed by atoms with E-state index in [4.69, 9.17) is 9.97 Å². The number of thiophene rings is 1. The predicted molar refractivity (Wildman–Crippen MR) is 116 cm³/mol. The molecule has 6 heterocycles. The molecule has 6 rings (SSSR count). The second-order valence-corrected chi connectivity index (χ2v) is 7.78. The first-order valence-electron chi connectivity index (χ1n) is 9.50. The Hall–Kier alpha value is -3.36. The molecule has 8 heteroatoms. The van der Waals surface area contributed by atoms with Crippen molar-refractivity contribution in [3.63, 3.8) is 0 Å². The molecule has 0 bridgehead atoms. The first kappa shape index (κ1) is 16.6. The van der Waals surface area contributed by atoms with Crippen molar-refractivity contribution in [2.75, 3.05) is 13.1 Å². The van der Waals surface area contributed by atoms with E-state index in [-0.39, 0.29) is 0 Å². The lowest BCUT2D eigenvalue weighted by atomic mass is 10.1. The third-order valence-corrected chi connectivity index (χ3v) is 5.93. The van der Waals surface area contributed by atoms with Gasteiger partial charge in [-0.3, -0.25) is 5.10 Å². The largest absolute Gasteiger partial charge is 0.335 e. The molecule has 0 aromatic carbocycles. The number of hydrogen-bond acceptors (Lipinski definition) is 6. The number of nitrogens with one attached hydrogen (secondary N) is 3. The van der Waals surface area contributed by atoms with Crippen molar-refractivity contribution >= 4 is 39.1 Å². The van der Waals surface area contributed by atoms with Crippen molar-refractivity contribution in [3.05, 3.63) is 53.0 Å². The Labute approximate surface area is 169 Å². The number of aromatic nitrogens is 6. The quantitative estimate of drug-likeness (QED) is 0.426. The SMILES string of the molecule is C1=C(c2ccc3[nH]nc(-c4nc5nccc(-c6ccsc6)c5[nH]4)c3n2)CCNC1. The molecule has 1 aliphatic rings. The van der Waals surface area contributed by atoms with Gasteiger partial charge in [0.05, 0.1) is 16.7 Å². The molecule has 0 aliphatic carbocycles. The van der Waals surface area contributed by atoms with Crippen LogP contribution >= 0.6 is 11.3 Å². The number of H-pyrrole nitrogens is 2. The van der Waals surface area contributed by atoms with Gasteiger partial charge in [-0.2, -0.15) is 16.4 Å². The summed E-state index contributed by atoms with van der Waals surface area (Å²) < 4.78 is 0. The Bertz CT molecular complexity index is 1360. The van der Waals surface area contributed by atoms with Crippen molar-refractivity contribution in [1.82, 2.24) is 35.5 Å². The predicted octanol–water partition coefficient (Wildman–Crippen LogP) is 4.00. The molecule has 7 nitrogen and oxygen atoms in total. The highest BCUT2D eigenvalue weighted by Gasteiger charge is 2.18. The van der Waals surface area contributed by atoms with E-state index < -0.39 is 0 Å². The third-order valence-electron chi connectivity index (χ3n) is 5.25. The van der Waals surface area contributed by atoms with Gasteiger partial charge in [-0.05, 0) is 59.1 Å². The normalized spacial score (nSPS) is 14.6. The van der Waals surface area contributed by atoms with Crippen LogP contribution in [0.3, 0.4) is 0 Å². The van der Waals surface area contributed by atoms with Crippen LogP contribution in [0.1, 0.15) is 12.1 Å². The van der Waals surface area contributed by atoms with Gasteiger partial charge >= 0.3 is 0 Å². The summed E-state index contributed by atoms with van der Waals surface area (Å²) in [5.41, 5.74) is 8.52. The van der Waals surface area contributed by atoms with Crippen molar-refractivity contribution in [2.45, 2.75) is 6.42 Å². The fraction of sp³-hybridized carbons (Fsp3) is 0.143. The molecule has 0 amide bonds. The highest BCUT2D eigenvalue weighted by atomic mass is 32.1. The number of aromatic amines is 2. The topological polar surface area (TPSA) is 95.2 Å². The molecule has 142 valence electrons. The highest BCUT2D eigenvalue weighted by molar-refractivity contribution is 7.08. The summed E-state index contributed by atoms with van der Waals surface area (Å²) in [4.78, 5) is 17.5. The Morgan fingerprint density at radius 1 is 1.07 bits per heavy atom. The minimum Gasteiger partial charge on any atom is -0.335 e. The van der Waals surface area contributed by atoms with Gasteiger partial charge in [0.2, 0.25) is 0 Å². The maximum Gasteiger partial charge on any atom is 0.178 e. The first-order valence-corrected chi connectivity index (χ1v) is 10.4. The second-order valence-electron chi connectivity index (χ2n) is 7.00. The van der Waals surface area contributed by atoms with Gasteiger partial charge in [0.25, 0.3) is 0 Å². The summed E-state index contributed by atoms with van der Waals surface area (Å²) in [6, 6.07) is 8.20. The van der Waals surface area contributed by atoms with Crippen LogP contribution < -0.4 is 5.32 Å². The Balaban J connectivity index is 1.50. The van der Waals surface area contributed by atoms with Gasteiger partial charge in [0.15, 0.2) is 17.2 Å². The molecule has 0 saturated carbocycles. The van der Waals surface area contributed by atoms with Gasteiger partial charge < -0.3 is 10.3 Å². The van der Waals surface area contributed by atoms with E-state index in [0.29, 0.717) is 17.2 Å². The van der Waals surface area contributed by atoms with E-state index in [1.165, 1.54) is 5.57 Å². The molecule has 29 heavy (non-hydrogen) atoms. The van der Waals surface area contributed by atoms with Crippen LogP contribution in [0.25, 0.3) is 50.4 Å². The van der Waals surface area contributed by atoms with Crippen LogP contribution in [0.5, 0.6) is 0 Å². The van der Waals surface area contributed by atoms with Gasteiger partial charge in [-0.25, -0.2) is 15.0 Å². The molecular formula is C21H17N7S. The summed E-state index contributed by atoms with van der Waals surface area (Å²) in [7, 11) is 0. The van der Waals surface area contributed by atoms with Crippen LogP contribution in [0, 0.1) is 0 Å². The van der Waals surface area contributed by atoms with E-state index in [2.05, 4.69) is 54.5 Å². The molecular weight excluding hydrogens is 382 g/mol. The lowest BCUT2D eigenvalue weighted by Crippen LogP contribution is -2.20. The number of pyridine rings is 2. The molecule has 0 atom stereocenters. The van der Waals surface area contributed by atoms with Crippen molar-refractivity contribution in [3.8, 4) is 22.6 Å². The third kappa shape index (κ3) is 2.76. The summed E-state index contributed by atoms with van der Waals surface area (Å²) in [5.74, 6) is 0.672. The van der Waals surface area contributed by atoms with Crippen LogP contribution in [-0.4, -0.2) is 43.2 Å². The maximum absolute atomic E-state index is 4.91. The van der Waals surface area contributed by atoms with Gasteiger partial charge in [-0.15, -0.1) is 0 Å². The van der Waals surface area contributed by atoms with Crippen molar-refractivity contribution < 1.29 is 0 Å². The van der Waals surface area contributed by atoms with Gasteiger partial charge in [0.1, 0.15) is 5.52 Å². The molecule has 1 aliphatic heterocycles. The Morgan fingerprint density at radius 3 is 2.93 bits per heavy atom. The first-order chi connectivity index (χ1) is 14.4. The van der Waals surface area contributed by atoms with E-state index in [1.807, 2.05) is 12.1 Å². The van der Waals surface area contributed by atoms with Crippen LogP contribution in [-0.2, 0) is 0 Å². The highest BCUT2D eigenvalue weighted by Crippen LogP contribution is 2.31. The smallest absolute Gasteiger partial charge is 0.178 e. The molecule has 0 fully saturated rings. The number of imidazole rings is 1. The van der Waals surface area contributed by atoms with E-state index in [1.54, 1.807) is 17.5 Å². The maximum atomic E-state index is 4.91. The zero-order chi connectivity index (χ0) is 19.2. The molecule has 5 aromatic rings. The number of hydrogen-bond donors (Lipinski definition) is 3. The Kier molecular flexibility index (Phi) is 3.78. The lowest BCUT2D eigenvalue weighted by molar-refractivity contribution is 0.737. The summed E-state index contributed by atoms with van der Waals surface area (Å²) >= 11 is 1.67. The minimum atomic E-state index is 0.672. The molecule has 0 radical (unpaired) electrons. The fourth-order valence-electron chi connectivity index (χ4n) is 3.78. The van der Waals surface area contributed by atoms with Crippen LogP contribution in [0.15, 0.2) is 47.3 Å². The zero-order valence-electron chi connectivity index (χ0n) is 15.4. The standard InChI is InChI=1S/C21H17N7S/c1-2-16-18(24-15(1)12-3-7-22-8-4-12)19(28-27-16)21-25-17-14(13-6-10-29-11-13)5-9-23-20(17)26-21/h1-3,5-6,9-11,22H,4,7-8H2,(H,27,28)(H,23,25,26). The number of nitrogens with zero attached hydrogens (tertiary/aromatic N) is 4. The number of fused-ring (bicyclic) bond motifs is 2. The monoisotopic (exact) mass is 399 g/mol. The fourth-order valence-corrected chi connectivity index (χ4v) is 4.44. The molecule has 0 saturated heterocycles. The lowest BCUT2D eigenvalue weighted by Gasteiger charge is -2.13. The van der Waals surface area contributed by atoms with Crippen molar-refractivity contribution in [1.29, 1.82) is 0 Å². The number of rotatable bonds is 3. The van der Waals surface area contributed by atoms with Crippen LogP contribution in [0.4, 0.5) is 0 Å². The molecule has 3 N–H and O–H groups in total. The van der Waals surface area contributed by atoms with E-state index in [9.17, 15) is 0 Å². The average Bonchev–Trinajstić information content (AvgIpc) is 3.52. The van der Waals surface area contributed by atoms with E-state index in [0.717, 1.165) is 52.9 Å². The second kappa shape index (κ2) is 6.61. The van der Waals surface area contributed by atoms with E-state index >= 15 is 0 Å². The van der Waals surface area contributed by atoms with Crippen LogP contribution in [0.2, 0.25) is 0 Å².